The molecule has 0 amide bonds. The molecule has 0 aromatic heterocycles. The summed E-state index contributed by atoms with van der Waals surface area (Å²) < 4.78 is 0. The fourth-order valence-electron chi connectivity index (χ4n) is 1.47. The first-order chi connectivity index (χ1) is 5.59. The van der Waals surface area contributed by atoms with Gasteiger partial charge >= 0.3 is 5.97 Å². The lowest BCUT2D eigenvalue weighted by Gasteiger charge is -2.30. The fourth-order valence-corrected chi connectivity index (χ4v) is 1.47. The monoisotopic (exact) mass is 166 g/mol. The Labute approximate surface area is 72.6 Å². The summed E-state index contributed by atoms with van der Waals surface area (Å²) in [6.45, 7) is 3.88. The molecule has 0 aromatic rings. The van der Waals surface area contributed by atoms with Gasteiger partial charge in [0.1, 0.15) is 0 Å². The lowest BCUT2D eigenvalue weighted by Crippen LogP contribution is -2.34. The van der Waals surface area contributed by atoms with Gasteiger partial charge in [-0.3, -0.25) is 4.79 Å². The maximum atomic E-state index is 11.0. The van der Waals surface area contributed by atoms with Gasteiger partial charge in [-0.05, 0) is 12.3 Å². The van der Waals surface area contributed by atoms with Crippen molar-refractivity contribution in [1.29, 1.82) is 0 Å². The number of allylic oxidation sites excluding steroid dienone is 3. The van der Waals surface area contributed by atoms with Crippen LogP contribution < -0.4 is 0 Å². The summed E-state index contributed by atoms with van der Waals surface area (Å²) >= 11 is 0. The molecule has 1 atom stereocenters. The molecule has 0 heterocycles. The van der Waals surface area contributed by atoms with E-state index in [1.165, 1.54) is 0 Å². The van der Waals surface area contributed by atoms with Gasteiger partial charge in [-0.1, -0.05) is 38.2 Å². The van der Waals surface area contributed by atoms with E-state index in [4.69, 9.17) is 5.11 Å². The first-order valence-electron chi connectivity index (χ1n) is 4.17. The van der Waals surface area contributed by atoms with Crippen LogP contribution in [0.5, 0.6) is 0 Å². The normalized spacial score (nSPS) is 27.9. The van der Waals surface area contributed by atoms with Crippen LogP contribution in [-0.2, 0) is 4.79 Å². The third-order valence-corrected chi connectivity index (χ3v) is 2.52. The highest BCUT2D eigenvalue weighted by Gasteiger charge is 2.38. The van der Waals surface area contributed by atoms with E-state index in [2.05, 4.69) is 0 Å². The van der Waals surface area contributed by atoms with Crippen LogP contribution in [0.2, 0.25) is 0 Å². The van der Waals surface area contributed by atoms with Gasteiger partial charge in [-0.25, -0.2) is 0 Å². The second-order valence-electron chi connectivity index (χ2n) is 3.49. The van der Waals surface area contributed by atoms with Gasteiger partial charge in [-0.2, -0.15) is 0 Å². The maximum Gasteiger partial charge on any atom is 0.314 e. The van der Waals surface area contributed by atoms with Crippen LogP contribution in [0.4, 0.5) is 0 Å². The molecule has 1 N–H and O–H groups in total. The summed E-state index contributed by atoms with van der Waals surface area (Å²) in [6.07, 6.45) is 8.02. The van der Waals surface area contributed by atoms with E-state index in [1.54, 1.807) is 6.08 Å². The largest absolute Gasteiger partial charge is 0.481 e. The Kier molecular flexibility index (Phi) is 2.36. The van der Waals surface area contributed by atoms with Gasteiger partial charge in [0.05, 0.1) is 5.41 Å². The summed E-state index contributed by atoms with van der Waals surface area (Å²) in [4.78, 5) is 11.0. The molecule has 0 aliphatic heterocycles. The number of carboxylic acid groups (broad SMARTS) is 1. The predicted octanol–water partition coefficient (Wildman–Crippen LogP) is 2.23. The van der Waals surface area contributed by atoms with Crippen LogP contribution in [0.1, 0.15) is 20.3 Å². The molecule has 0 fully saturated rings. The van der Waals surface area contributed by atoms with Crippen molar-refractivity contribution in [2.75, 3.05) is 0 Å². The zero-order valence-corrected chi connectivity index (χ0v) is 7.45. The number of hydrogen-bond acceptors (Lipinski definition) is 1. The van der Waals surface area contributed by atoms with Crippen molar-refractivity contribution in [3.05, 3.63) is 24.3 Å². The molecule has 2 heteroatoms. The van der Waals surface area contributed by atoms with Crippen molar-refractivity contribution >= 4 is 5.97 Å². The predicted molar refractivity (Wildman–Crippen MR) is 47.8 cm³/mol. The molecule has 0 aromatic carbocycles. The van der Waals surface area contributed by atoms with Gasteiger partial charge in [-0.15, -0.1) is 0 Å². The van der Waals surface area contributed by atoms with Gasteiger partial charge in [0.25, 0.3) is 0 Å². The number of carbonyl (C=O) groups is 1. The summed E-state index contributed by atoms with van der Waals surface area (Å²) in [5, 5.41) is 9.07. The molecule has 0 radical (unpaired) electrons. The van der Waals surface area contributed by atoms with Crippen molar-refractivity contribution in [2.45, 2.75) is 20.3 Å². The average molecular weight is 166 g/mol. The van der Waals surface area contributed by atoms with Crippen molar-refractivity contribution in [3.8, 4) is 0 Å². The molecule has 0 bridgehead atoms. The van der Waals surface area contributed by atoms with E-state index in [0.29, 0.717) is 6.42 Å². The maximum absolute atomic E-state index is 11.0. The Hall–Kier alpha value is -1.05. The molecule has 2 nitrogen and oxygen atoms in total. The molecular weight excluding hydrogens is 152 g/mol. The Balaban J connectivity index is 2.96. The number of aliphatic carboxylic acids is 1. The van der Waals surface area contributed by atoms with Crippen molar-refractivity contribution in [3.63, 3.8) is 0 Å². The third kappa shape index (κ3) is 1.29. The van der Waals surface area contributed by atoms with Crippen molar-refractivity contribution < 1.29 is 9.90 Å². The molecule has 1 unspecified atom stereocenters. The SMILES string of the molecule is CC(C)C1(C(=O)O)C=CC=CC1. The highest BCUT2D eigenvalue weighted by molar-refractivity contribution is 5.78. The Morgan fingerprint density at radius 1 is 1.50 bits per heavy atom. The highest BCUT2D eigenvalue weighted by Crippen LogP contribution is 2.35. The van der Waals surface area contributed by atoms with Gasteiger partial charge in [0.2, 0.25) is 0 Å². The molecule has 66 valence electrons. The standard InChI is InChI=1S/C10H14O2/c1-8(2)10(9(11)12)6-4-3-5-7-10/h3-6,8H,7H2,1-2H3,(H,11,12). The van der Waals surface area contributed by atoms with E-state index in [-0.39, 0.29) is 5.92 Å². The zero-order valence-electron chi connectivity index (χ0n) is 7.45. The number of rotatable bonds is 2. The summed E-state index contributed by atoms with van der Waals surface area (Å²) in [6, 6.07) is 0. The quantitative estimate of drug-likeness (QED) is 0.683. The molecule has 0 spiro atoms. The topological polar surface area (TPSA) is 37.3 Å². The second-order valence-corrected chi connectivity index (χ2v) is 3.49. The lowest BCUT2D eigenvalue weighted by molar-refractivity contribution is -0.148. The first-order valence-corrected chi connectivity index (χ1v) is 4.17. The van der Waals surface area contributed by atoms with Gasteiger partial charge in [0.15, 0.2) is 0 Å². The minimum atomic E-state index is -0.724. The minimum absolute atomic E-state index is 0.135. The Bertz CT molecular complexity index is 238. The number of carboxylic acids is 1. The van der Waals surface area contributed by atoms with Crippen LogP contribution >= 0.6 is 0 Å². The molecule has 1 aliphatic rings. The first kappa shape index (κ1) is 9.04. The molecule has 0 saturated carbocycles. The molecule has 1 rings (SSSR count). The summed E-state index contributed by atoms with van der Waals surface area (Å²) in [5.74, 6) is -0.589. The van der Waals surface area contributed by atoms with E-state index < -0.39 is 11.4 Å². The van der Waals surface area contributed by atoms with E-state index in [0.717, 1.165) is 0 Å². The smallest absolute Gasteiger partial charge is 0.314 e. The molecule has 0 saturated heterocycles. The second kappa shape index (κ2) is 3.13. The van der Waals surface area contributed by atoms with Crippen LogP contribution in [0.15, 0.2) is 24.3 Å². The van der Waals surface area contributed by atoms with E-state index in [9.17, 15) is 4.79 Å². The summed E-state index contributed by atoms with van der Waals surface area (Å²) in [5.41, 5.74) is -0.672. The summed E-state index contributed by atoms with van der Waals surface area (Å²) in [7, 11) is 0. The fraction of sp³-hybridized carbons (Fsp3) is 0.500. The van der Waals surface area contributed by atoms with Gasteiger partial charge in [0, 0.05) is 0 Å². The number of hydrogen-bond donors (Lipinski definition) is 1. The average Bonchev–Trinajstić information content (AvgIpc) is 2.05. The third-order valence-electron chi connectivity index (χ3n) is 2.52. The highest BCUT2D eigenvalue weighted by atomic mass is 16.4. The van der Waals surface area contributed by atoms with Crippen molar-refractivity contribution in [1.82, 2.24) is 0 Å². The van der Waals surface area contributed by atoms with E-state index in [1.807, 2.05) is 32.1 Å². The minimum Gasteiger partial charge on any atom is -0.481 e. The van der Waals surface area contributed by atoms with Crippen LogP contribution in [0.25, 0.3) is 0 Å². The van der Waals surface area contributed by atoms with Crippen LogP contribution in [-0.4, -0.2) is 11.1 Å². The molecular formula is C10H14O2. The Morgan fingerprint density at radius 3 is 2.42 bits per heavy atom. The molecule has 1 aliphatic carbocycles. The van der Waals surface area contributed by atoms with Crippen LogP contribution in [0, 0.1) is 11.3 Å². The Morgan fingerprint density at radius 2 is 2.17 bits per heavy atom. The zero-order chi connectivity index (χ0) is 9.19. The van der Waals surface area contributed by atoms with Crippen LogP contribution in [0.3, 0.4) is 0 Å². The van der Waals surface area contributed by atoms with Crippen molar-refractivity contribution in [2.24, 2.45) is 11.3 Å². The lowest BCUT2D eigenvalue weighted by atomic mass is 9.73. The molecule has 12 heavy (non-hydrogen) atoms. The van der Waals surface area contributed by atoms with E-state index >= 15 is 0 Å². The van der Waals surface area contributed by atoms with Gasteiger partial charge < -0.3 is 5.11 Å².